The Bertz CT molecular complexity index is 763. The number of hydrogen-bond donors (Lipinski definition) is 1. The number of carbonyl (C=O) groups is 1. The van der Waals surface area contributed by atoms with E-state index in [0.29, 0.717) is 21.4 Å². The minimum atomic E-state index is -4.51. The molecule has 2 aromatic rings. The molecule has 134 valence electrons. The molecule has 2 aromatic carbocycles. The second-order valence-electron chi connectivity index (χ2n) is 4.93. The van der Waals surface area contributed by atoms with E-state index in [1.807, 2.05) is 0 Å². The summed E-state index contributed by atoms with van der Waals surface area (Å²) in [5.41, 5.74) is -0.277. The fourth-order valence-corrected chi connectivity index (χ4v) is 3.63. The van der Waals surface area contributed by atoms with Gasteiger partial charge in [-0.1, -0.05) is 40.9 Å². The van der Waals surface area contributed by atoms with E-state index >= 15 is 0 Å². The van der Waals surface area contributed by atoms with E-state index in [1.54, 1.807) is 18.2 Å². The summed E-state index contributed by atoms with van der Waals surface area (Å²) in [6.45, 7) is 0. The molecule has 9 heteroatoms. The van der Waals surface area contributed by atoms with E-state index in [4.69, 9.17) is 34.8 Å². The van der Waals surface area contributed by atoms with E-state index in [2.05, 4.69) is 5.32 Å². The van der Waals surface area contributed by atoms with Crippen LogP contribution in [0, 0.1) is 0 Å². The highest BCUT2D eigenvalue weighted by Gasteiger charge is 2.31. The Morgan fingerprint density at radius 3 is 2.28 bits per heavy atom. The summed E-state index contributed by atoms with van der Waals surface area (Å²) < 4.78 is 38.2. The molecule has 0 unspecified atom stereocenters. The van der Waals surface area contributed by atoms with Crippen molar-refractivity contribution >= 4 is 58.2 Å². The molecule has 0 saturated heterocycles. The molecule has 2 nitrogen and oxygen atoms in total. The van der Waals surface area contributed by atoms with Gasteiger partial charge in [-0.15, -0.1) is 11.8 Å². The Morgan fingerprint density at radius 2 is 1.68 bits per heavy atom. The zero-order valence-corrected chi connectivity index (χ0v) is 15.5. The van der Waals surface area contributed by atoms with E-state index in [9.17, 15) is 18.0 Å². The number of rotatable bonds is 5. The summed E-state index contributed by atoms with van der Waals surface area (Å²) in [6.07, 6.45) is -4.51. The second-order valence-corrected chi connectivity index (χ2v) is 7.14. The zero-order chi connectivity index (χ0) is 18.6. The first kappa shape index (κ1) is 20.2. The molecule has 0 spiro atoms. The topological polar surface area (TPSA) is 29.1 Å². The zero-order valence-electron chi connectivity index (χ0n) is 12.5. The van der Waals surface area contributed by atoms with E-state index < -0.39 is 17.6 Å². The van der Waals surface area contributed by atoms with E-state index in [-0.39, 0.29) is 16.5 Å². The third-order valence-electron chi connectivity index (χ3n) is 3.11. The van der Waals surface area contributed by atoms with E-state index in [1.165, 1.54) is 11.8 Å². The maximum absolute atomic E-state index is 12.7. The molecule has 0 saturated carbocycles. The smallest absolute Gasteiger partial charge is 0.324 e. The Kier molecular flexibility index (Phi) is 6.91. The number of hydrogen-bond acceptors (Lipinski definition) is 2. The van der Waals surface area contributed by atoms with Crippen molar-refractivity contribution in [3.8, 4) is 0 Å². The van der Waals surface area contributed by atoms with Crippen LogP contribution in [0.15, 0.2) is 36.4 Å². The van der Waals surface area contributed by atoms with Crippen LogP contribution >= 0.6 is 46.6 Å². The fourth-order valence-electron chi connectivity index (χ4n) is 1.90. The number of thioether (sulfide) groups is 1. The lowest BCUT2D eigenvalue weighted by Crippen LogP contribution is -2.15. The van der Waals surface area contributed by atoms with Gasteiger partial charge in [-0.2, -0.15) is 13.2 Å². The number of benzene rings is 2. The molecule has 25 heavy (non-hydrogen) atoms. The van der Waals surface area contributed by atoms with Crippen molar-refractivity contribution in [1.29, 1.82) is 0 Å². The number of nitrogens with one attached hydrogen (secondary N) is 1. The van der Waals surface area contributed by atoms with Gasteiger partial charge in [0.05, 0.1) is 22.0 Å². The van der Waals surface area contributed by atoms with Crippen LogP contribution in [0.25, 0.3) is 0 Å². The van der Waals surface area contributed by atoms with Crippen LogP contribution in [-0.2, 0) is 16.7 Å². The maximum Gasteiger partial charge on any atom is 0.416 e. The first-order valence-corrected chi connectivity index (χ1v) is 9.14. The number of alkyl halides is 3. The van der Waals surface area contributed by atoms with Crippen molar-refractivity contribution in [2.75, 3.05) is 11.1 Å². The summed E-state index contributed by atoms with van der Waals surface area (Å²) in [6, 6.07) is 7.83. The van der Waals surface area contributed by atoms with Crippen LogP contribution in [0.2, 0.25) is 15.1 Å². The number of halogens is 6. The molecule has 1 amide bonds. The van der Waals surface area contributed by atoms with Gasteiger partial charge in [0.2, 0.25) is 5.91 Å². The van der Waals surface area contributed by atoms with Gasteiger partial charge in [0.25, 0.3) is 0 Å². The molecular weight excluding hydrogens is 418 g/mol. The first-order chi connectivity index (χ1) is 11.7. The normalized spacial score (nSPS) is 11.4. The molecule has 2 rings (SSSR count). The fraction of sp³-hybridized carbons (Fsp3) is 0.188. The predicted molar refractivity (Wildman–Crippen MR) is 97.7 cm³/mol. The van der Waals surface area contributed by atoms with Crippen LogP contribution in [0.5, 0.6) is 0 Å². The Hall–Kier alpha value is -1.08. The van der Waals surface area contributed by atoms with Gasteiger partial charge < -0.3 is 5.32 Å². The van der Waals surface area contributed by atoms with Gasteiger partial charge in [-0.05, 0) is 35.9 Å². The van der Waals surface area contributed by atoms with Crippen molar-refractivity contribution in [3.05, 3.63) is 62.6 Å². The monoisotopic (exact) mass is 427 g/mol. The molecule has 0 bridgehead atoms. The summed E-state index contributed by atoms with van der Waals surface area (Å²) in [5, 5.41) is 3.38. The maximum atomic E-state index is 12.7. The second kappa shape index (κ2) is 8.54. The molecule has 0 aliphatic carbocycles. The van der Waals surface area contributed by atoms with Crippen LogP contribution < -0.4 is 5.32 Å². The largest absolute Gasteiger partial charge is 0.416 e. The van der Waals surface area contributed by atoms with Crippen molar-refractivity contribution in [2.45, 2.75) is 11.9 Å². The Morgan fingerprint density at radius 1 is 1.04 bits per heavy atom. The summed E-state index contributed by atoms with van der Waals surface area (Å²) >= 11 is 19.1. The SMILES string of the molecule is O=C(CSCc1c(Cl)cccc1Cl)Nc1cc(C(F)(F)F)ccc1Cl. The lowest BCUT2D eigenvalue weighted by molar-refractivity contribution is -0.137. The van der Waals surface area contributed by atoms with Gasteiger partial charge in [-0.25, -0.2) is 0 Å². The Labute approximate surface area is 161 Å². The van der Waals surface area contributed by atoms with Crippen molar-refractivity contribution < 1.29 is 18.0 Å². The molecular formula is C16H11Cl3F3NOS. The van der Waals surface area contributed by atoms with Gasteiger partial charge in [0.15, 0.2) is 0 Å². The van der Waals surface area contributed by atoms with Crippen LogP contribution in [-0.4, -0.2) is 11.7 Å². The van der Waals surface area contributed by atoms with Gasteiger partial charge in [0, 0.05) is 15.8 Å². The quantitative estimate of drug-likeness (QED) is 0.586. The third-order valence-corrected chi connectivity index (χ3v) is 5.11. The van der Waals surface area contributed by atoms with Crippen LogP contribution in [0.3, 0.4) is 0 Å². The van der Waals surface area contributed by atoms with Gasteiger partial charge in [0.1, 0.15) is 0 Å². The average Bonchev–Trinajstić information content (AvgIpc) is 2.51. The predicted octanol–water partition coefficient (Wildman–Crippen LogP) is 6.54. The first-order valence-electron chi connectivity index (χ1n) is 6.85. The standard InChI is InChI=1S/C16H11Cl3F3NOS/c17-11-2-1-3-12(18)10(11)7-25-8-15(24)23-14-6-9(16(20,21)22)4-5-13(14)19/h1-6H,7-8H2,(H,23,24). The molecule has 0 heterocycles. The third kappa shape index (κ3) is 5.71. The lowest BCUT2D eigenvalue weighted by Gasteiger charge is -2.12. The minimum Gasteiger partial charge on any atom is -0.324 e. The number of anilines is 1. The molecule has 0 atom stereocenters. The average molecular weight is 429 g/mol. The molecule has 0 aliphatic rings. The molecule has 0 aromatic heterocycles. The molecule has 1 N–H and O–H groups in total. The summed E-state index contributed by atoms with van der Waals surface area (Å²) in [5.74, 6) is -0.0782. The lowest BCUT2D eigenvalue weighted by atomic mass is 10.2. The number of carbonyl (C=O) groups excluding carboxylic acids is 1. The minimum absolute atomic E-state index is 0.00806. The molecule has 0 radical (unpaired) electrons. The Balaban J connectivity index is 1.97. The highest BCUT2D eigenvalue weighted by molar-refractivity contribution is 7.99. The van der Waals surface area contributed by atoms with Crippen LogP contribution in [0.4, 0.5) is 18.9 Å². The van der Waals surface area contributed by atoms with E-state index in [0.717, 1.165) is 18.2 Å². The molecule has 0 aliphatic heterocycles. The van der Waals surface area contributed by atoms with Crippen molar-refractivity contribution in [2.24, 2.45) is 0 Å². The van der Waals surface area contributed by atoms with Crippen molar-refractivity contribution in [1.82, 2.24) is 0 Å². The van der Waals surface area contributed by atoms with Crippen molar-refractivity contribution in [3.63, 3.8) is 0 Å². The number of amides is 1. The summed E-state index contributed by atoms with van der Waals surface area (Å²) in [7, 11) is 0. The highest BCUT2D eigenvalue weighted by atomic mass is 35.5. The highest BCUT2D eigenvalue weighted by Crippen LogP contribution is 2.34. The van der Waals surface area contributed by atoms with Gasteiger partial charge in [-0.3, -0.25) is 4.79 Å². The molecule has 0 fully saturated rings. The van der Waals surface area contributed by atoms with Gasteiger partial charge >= 0.3 is 6.18 Å². The summed E-state index contributed by atoms with van der Waals surface area (Å²) in [4.78, 5) is 11.9. The van der Waals surface area contributed by atoms with Crippen LogP contribution in [0.1, 0.15) is 11.1 Å².